The van der Waals surface area contributed by atoms with Crippen LogP contribution in [-0.2, 0) is 13.5 Å². The lowest BCUT2D eigenvalue weighted by Crippen LogP contribution is -2.36. The summed E-state index contributed by atoms with van der Waals surface area (Å²) in [6, 6.07) is 0.580. The van der Waals surface area contributed by atoms with Crippen molar-refractivity contribution in [3.8, 4) is 0 Å². The third-order valence-corrected chi connectivity index (χ3v) is 4.74. The van der Waals surface area contributed by atoms with Crippen LogP contribution in [0.3, 0.4) is 0 Å². The first-order valence-corrected chi connectivity index (χ1v) is 8.17. The third-order valence-electron chi connectivity index (χ3n) is 4.74. The predicted molar refractivity (Wildman–Crippen MR) is 82.5 cm³/mol. The van der Waals surface area contributed by atoms with Gasteiger partial charge in [0.05, 0.1) is 5.69 Å². The number of rotatable bonds is 6. The van der Waals surface area contributed by atoms with Gasteiger partial charge in [-0.3, -0.25) is 4.68 Å². The number of nitrogens with zero attached hydrogens (tertiary/aromatic N) is 3. The van der Waals surface area contributed by atoms with Gasteiger partial charge in [-0.25, -0.2) is 0 Å². The highest BCUT2D eigenvalue weighted by atomic mass is 15.4. The minimum absolute atomic E-state index is 0.580. The molecule has 0 aliphatic heterocycles. The van der Waals surface area contributed by atoms with Crippen molar-refractivity contribution in [3.63, 3.8) is 0 Å². The van der Waals surface area contributed by atoms with Gasteiger partial charge < -0.3 is 5.32 Å². The summed E-state index contributed by atoms with van der Waals surface area (Å²) in [6.07, 6.45) is 8.61. The number of hydrogen-bond donors (Lipinski definition) is 1. The summed E-state index contributed by atoms with van der Waals surface area (Å²) in [5.41, 5.74) is 1.16. The van der Waals surface area contributed by atoms with Crippen molar-refractivity contribution in [2.24, 2.45) is 24.8 Å². The molecule has 0 amide bonds. The average molecular weight is 278 g/mol. The van der Waals surface area contributed by atoms with Crippen molar-refractivity contribution in [2.75, 3.05) is 6.54 Å². The first-order chi connectivity index (χ1) is 9.58. The normalized spacial score (nSPS) is 27.1. The molecule has 20 heavy (non-hydrogen) atoms. The van der Waals surface area contributed by atoms with Gasteiger partial charge in [0.25, 0.3) is 0 Å². The summed E-state index contributed by atoms with van der Waals surface area (Å²) >= 11 is 0. The first-order valence-electron chi connectivity index (χ1n) is 8.17. The molecule has 114 valence electrons. The van der Waals surface area contributed by atoms with Crippen molar-refractivity contribution in [3.05, 3.63) is 11.9 Å². The molecular weight excluding hydrogens is 248 g/mol. The molecule has 4 nitrogen and oxygen atoms in total. The lowest BCUT2D eigenvalue weighted by molar-refractivity contribution is 0.168. The second-order valence-corrected chi connectivity index (χ2v) is 6.76. The molecule has 4 heteroatoms. The van der Waals surface area contributed by atoms with Crippen LogP contribution in [-0.4, -0.2) is 27.6 Å². The highest BCUT2D eigenvalue weighted by Gasteiger charge is 2.30. The highest BCUT2D eigenvalue weighted by Crippen LogP contribution is 2.36. The van der Waals surface area contributed by atoms with Gasteiger partial charge in [0.2, 0.25) is 0 Å². The molecule has 1 fully saturated rings. The molecule has 1 saturated carbocycles. The van der Waals surface area contributed by atoms with Crippen molar-refractivity contribution in [2.45, 2.75) is 58.9 Å². The Morgan fingerprint density at radius 3 is 2.75 bits per heavy atom. The predicted octanol–water partition coefficient (Wildman–Crippen LogP) is 2.80. The van der Waals surface area contributed by atoms with Gasteiger partial charge in [0.15, 0.2) is 0 Å². The van der Waals surface area contributed by atoms with Crippen LogP contribution in [0.5, 0.6) is 0 Å². The monoisotopic (exact) mass is 278 g/mol. The minimum atomic E-state index is 0.580. The van der Waals surface area contributed by atoms with Crippen LogP contribution >= 0.6 is 0 Å². The Balaban J connectivity index is 1.97. The van der Waals surface area contributed by atoms with E-state index in [1.54, 1.807) is 0 Å². The van der Waals surface area contributed by atoms with Crippen LogP contribution in [0.1, 0.15) is 52.1 Å². The van der Waals surface area contributed by atoms with Crippen LogP contribution in [0.15, 0.2) is 6.20 Å². The van der Waals surface area contributed by atoms with E-state index in [0.717, 1.165) is 36.4 Å². The van der Waals surface area contributed by atoms with Gasteiger partial charge in [-0.05, 0) is 43.6 Å². The topological polar surface area (TPSA) is 42.7 Å². The number of aromatic nitrogens is 3. The average Bonchev–Trinajstić information content (AvgIpc) is 2.82. The second-order valence-electron chi connectivity index (χ2n) is 6.76. The fraction of sp³-hybridized carbons (Fsp3) is 0.875. The third kappa shape index (κ3) is 4.30. The molecule has 3 unspecified atom stereocenters. The zero-order valence-electron chi connectivity index (χ0n) is 13.5. The molecule has 0 aromatic carbocycles. The molecule has 1 N–H and O–H groups in total. The first kappa shape index (κ1) is 15.5. The lowest BCUT2D eigenvalue weighted by atomic mass is 9.71. The summed E-state index contributed by atoms with van der Waals surface area (Å²) < 4.78 is 1.82. The Bertz CT molecular complexity index is 399. The van der Waals surface area contributed by atoms with E-state index in [9.17, 15) is 0 Å². The molecule has 1 aliphatic rings. The quantitative estimate of drug-likeness (QED) is 0.870. The van der Waals surface area contributed by atoms with E-state index < -0.39 is 0 Å². The molecule has 2 rings (SSSR count). The SMILES string of the molecule is CCC1CCC(CNC(C)C)C(Cc2cn(C)nn2)C1. The summed E-state index contributed by atoms with van der Waals surface area (Å²) in [5, 5.41) is 12.0. The Kier molecular flexibility index (Phi) is 5.58. The summed E-state index contributed by atoms with van der Waals surface area (Å²) in [6.45, 7) is 7.94. The van der Waals surface area contributed by atoms with Gasteiger partial charge in [-0.2, -0.15) is 0 Å². The van der Waals surface area contributed by atoms with E-state index in [1.165, 1.54) is 25.7 Å². The van der Waals surface area contributed by atoms with Gasteiger partial charge in [0.1, 0.15) is 0 Å². The standard InChI is InChI=1S/C16H30N4/c1-5-13-6-7-14(10-17-12(2)3)15(8-13)9-16-11-20(4)19-18-16/h11-15,17H,5-10H2,1-4H3. The zero-order chi connectivity index (χ0) is 14.5. The maximum Gasteiger partial charge on any atom is 0.0829 e. The smallest absolute Gasteiger partial charge is 0.0829 e. The van der Waals surface area contributed by atoms with E-state index in [0.29, 0.717) is 6.04 Å². The van der Waals surface area contributed by atoms with E-state index >= 15 is 0 Å². The fourth-order valence-corrected chi connectivity index (χ4v) is 3.46. The van der Waals surface area contributed by atoms with Crippen LogP contribution < -0.4 is 5.32 Å². The van der Waals surface area contributed by atoms with Crippen LogP contribution in [0.25, 0.3) is 0 Å². The van der Waals surface area contributed by atoms with Gasteiger partial charge in [-0.15, -0.1) is 5.10 Å². The second kappa shape index (κ2) is 7.21. The van der Waals surface area contributed by atoms with E-state index in [-0.39, 0.29) is 0 Å². The molecule has 0 spiro atoms. The molecule has 0 radical (unpaired) electrons. The largest absolute Gasteiger partial charge is 0.314 e. The fourth-order valence-electron chi connectivity index (χ4n) is 3.46. The Morgan fingerprint density at radius 2 is 2.15 bits per heavy atom. The van der Waals surface area contributed by atoms with Gasteiger partial charge in [-0.1, -0.05) is 38.8 Å². The van der Waals surface area contributed by atoms with E-state index in [4.69, 9.17) is 0 Å². The molecule has 1 heterocycles. The molecule has 1 aromatic heterocycles. The maximum absolute atomic E-state index is 4.28. The lowest BCUT2D eigenvalue weighted by Gasteiger charge is -2.36. The minimum Gasteiger partial charge on any atom is -0.314 e. The van der Waals surface area contributed by atoms with Crippen molar-refractivity contribution >= 4 is 0 Å². The summed E-state index contributed by atoms with van der Waals surface area (Å²) in [7, 11) is 1.95. The Hall–Kier alpha value is -0.900. The number of hydrogen-bond acceptors (Lipinski definition) is 3. The molecule has 1 aliphatic carbocycles. The van der Waals surface area contributed by atoms with Gasteiger partial charge >= 0.3 is 0 Å². The molecule has 0 saturated heterocycles. The molecule has 0 bridgehead atoms. The van der Waals surface area contributed by atoms with E-state index in [2.05, 4.69) is 42.6 Å². The van der Waals surface area contributed by atoms with Crippen molar-refractivity contribution in [1.29, 1.82) is 0 Å². The van der Waals surface area contributed by atoms with Crippen molar-refractivity contribution in [1.82, 2.24) is 20.3 Å². The van der Waals surface area contributed by atoms with Gasteiger partial charge in [0, 0.05) is 19.3 Å². The highest BCUT2D eigenvalue weighted by molar-refractivity contribution is 4.97. The van der Waals surface area contributed by atoms with Crippen molar-refractivity contribution < 1.29 is 0 Å². The summed E-state index contributed by atoms with van der Waals surface area (Å²) in [4.78, 5) is 0. The Morgan fingerprint density at radius 1 is 1.35 bits per heavy atom. The molecular formula is C16H30N4. The number of aryl methyl sites for hydroxylation is 1. The summed E-state index contributed by atoms with van der Waals surface area (Å²) in [5.74, 6) is 2.46. The molecule has 1 aromatic rings. The van der Waals surface area contributed by atoms with Crippen LogP contribution in [0.2, 0.25) is 0 Å². The Labute approximate surface area is 123 Å². The van der Waals surface area contributed by atoms with Crippen LogP contribution in [0, 0.1) is 17.8 Å². The number of nitrogens with one attached hydrogen (secondary N) is 1. The zero-order valence-corrected chi connectivity index (χ0v) is 13.5. The maximum atomic E-state index is 4.28. The van der Waals surface area contributed by atoms with Crippen LogP contribution in [0.4, 0.5) is 0 Å². The van der Waals surface area contributed by atoms with E-state index in [1.807, 2.05) is 11.7 Å². The molecule has 3 atom stereocenters.